The number of hydrogen-bond acceptors (Lipinski definition) is 1. The monoisotopic (exact) mass is 204 g/mol. The van der Waals surface area contributed by atoms with E-state index in [0.29, 0.717) is 5.92 Å². The maximum atomic E-state index is 5.76. The highest BCUT2D eigenvalue weighted by atomic mass is 16.5. The first-order valence-electron chi connectivity index (χ1n) is 6.11. The van der Waals surface area contributed by atoms with Crippen molar-refractivity contribution in [2.24, 2.45) is 0 Å². The predicted octanol–water partition coefficient (Wildman–Crippen LogP) is 3.92. The van der Waals surface area contributed by atoms with Crippen LogP contribution in [0, 0.1) is 0 Å². The highest BCUT2D eigenvalue weighted by Gasteiger charge is 2.20. The van der Waals surface area contributed by atoms with Gasteiger partial charge in [0, 0.05) is 6.42 Å². The van der Waals surface area contributed by atoms with E-state index in [1.807, 2.05) is 0 Å². The standard InChI is InChI=1S/C14H20O/c1-3-6-11(4-2)13-8-5-7-12-9-10-15-14(12)13/h5,7-8,11H,3-4,6,9-10H2,1-2H3. The molecule has 0 spiro atoms. The van der Waals surface area contributed by atoms with Crippen molar-refractivity contribution in [1.82, 2.24) is 0 Å². The van der Waals surface area contributed by atoms with Gasteiger partial charge in [-0.1, -0.05) is 38.5 Å². The topological polar surface area (TPSA) is 9.23 Å². The summed E-state index contributed by atoms with van der Waals surface area (Å²) in [7, 11) is 0. The molecule has 0 bridgehead atoms. The molecular weight excluding hydrogens is 184 g/mol. The van der Waals surface area contributed by atoms with E-state index in [1.54, 1.807) is 0 Å². The molecule has 1 nitrogen and oxygen atoms in total. The van der Waals surface area contributed by atoms with E-state index in [9.17, 15) is 0 Å². The van der Waals surface area contributed by atoms with Crippen LogP contribution in [-0.2, 0) is 6.42 Å². The third kappa shape index (κ3) is 2.01. The minimum Gasteiger partial charge on any atom is -0.493 e. The molecule has 82 valence electrons. The fourth-order valence-electron chi connectivity index (χ4n) is 2.49. The molecule has 0 amide bonds. The summed E-state index contributed by atoms with van der Waals surface area (Å²) in [5.41, 5.74) is 2.84. The van der Waals surface area contributed by atoms with E-state index in [1.165, 1.54) is 36.1 Å². The number of benzene rings is 1. The Balaban J connectivity index is 2.30. The van der Waals surface area contributed by atoms with Crippen LogP contribution in [0.4, 0.5) is 0 Å². The molecule has 0 radical (unpaired) electrons. The van der Waals surface area contributed by atoms with Gasteiger partial charge < -0.3 is 4.74 Å². The average Bonchev–Trinajstić information content (AvgIpc) is 2.73. The SMILES string of the molecule is CCCC(CC)c1cccc2c1OCC2. The maximum Gasteiger partial charge on any atom is 0.126 e. The first kappa shape index (κ1) is 10.5. The van der Waals surface area contributed by atoms with E-state index in [2.05, 4.69) is 32.0 Å². The molecule has 0 N–H and O–H groups in total. The quantitative estimate of drug-likeness (QED) is 0.722. The van der Waals surface area contributed by atoms with Crippen molar-refractivity contribution < 1.29 is 4.74 Å². The molecule has 1 heteroatoms. The van der Waals surface area contributed by atoms with Crippen molar-refractivity contribution in [3.05, 3.63) is 29.3 Å². The molecule has 1 aliphatic heterocycles. The largest absolute Gasteiger partial charge is 0.493 e. The van der Waals surface area contributed by atoms with Crippen molar-refractivity contribution in [1.29, 1.82) is 0 Å². The third-order valence-electron chi connectivity index (χ3n) is 3.31. The van der Waals surface area contributed by atoms with Gasteiger partial charge in [0.2, 0.25) is 0 Å². The Labute approximate surface area is 92.5 Å². The second-order valence-corrected chi connectivity index (χ2v) is 4.33. The molecule has 1 unspecified atom stereocenters. The van der Waals surface area contributed by atoms with Gasteiger partial charge in [0.25, 0.3) is 0 Å². The Kier molecular flexibility index (Phi) is 3.30. The van der Waals surface area contributed by atoms with Gasteiger partial charge in [-0.25, -0.2) is 0 Å². The molecule has 1 aliphatic rings. The van der Waals surface area contributed by atoms with Crippen LogP contribution in [0.1, 0.15) is 50.2 Å². The Bertz CT molecular complexity index is 330. The van der Waals surface area contributed by atoms with E-state index in [-0.39, 0.29) is 0 Å². The van der Waals surface area contributed by atoms with E-state index >= 15 is 0 Å². The van der Waals surface area contributed by atoms with Crippen LogP contribution in [0.5, 0.6) is 5.75 Å². The molecule has 15 heavy (non-hydrogen) atoms. The summed E-state index contributed by atoms with van der Waals surface area (Å²) in [4.78, 5) is 0. The van der Waals surface area contributed by atoms with Gasteiger partial charge in [-0.3, -0.25) is 0 Å². The van der Waals surface area contributed by atoms with Crippen molar-refractivity contribution >= 4 is 0 Å². The van der Waals surface area contributed by atoms with Gasteiger partial charge in [-0.05, 0) is 29.9 Å². The number of hydrogen-bond donors (Lipinski definition) is 0. The third-order valence-corrected chi connectivity index (χ3v) is 3.31. The highest BCUT2D eigenvalue weighted by molar-refractivity contribution is 5.45. The van der Waals surface area contributed by atoms with Crippen LogP contribution in [0.3, 0.4) is 0 Å². The Morgan fingerprint density at radius 2 is 2.20 bits per heavy atom. The molecule has 1 atom stereocenters. The summed E-state index contributed by atoms with van der Waals surface area (Å²) in [6, 6.07) is 6.62. The molecule has 1 heterocycles. The summed E-state index contributed by atoms with van der Waals surface area (Å²) < 4.78 is 5.76. The molecule has 0 aromatic heterocycles. The van der Waals surface area contributed by atoms with Gasteiger partial charge in [0.15, 0.2) is 0 Å². The normalized spacial score (nSPS) is 15.9. The van der Waals surface area contributed by atoms with Gasteiger partial charge in [0.05, 0.1) is 6.61 Å². The zero-order chi connectivity index (χ0) is 10.7. The van der Waals surface area contributed by atoms with Gasteiger partial charge in [-0.15, -0.1) is 0 Å². The second kappa shape index (κ2) is 4.69. The van der Waals surface area contributed by atoms with Gasteiger partial charge in [0.1, 0.15) is 5.75 Å². The van der Waals surface area contributed by atoms with Crippen molar-refractivity contribution in [2.45, 2.75) is 45.4 Å². The molecular formula is C14H20O. The molecule has 0 saturated carbocycles. The smallest absolute Gasteiger partial charge is 0.126 e. The van der Waals surface area contributed by atoms with E-state index in [4.69, 9.17) is 4.74 Å². The molecule has 0 fully saturated rings. The summed E-state index contributed by atoms with van der Waals surface area (Å²) in [6.07, 6.45) is 4.83. The molecule has 1 aromatic carbocycles. The zero-order valence-electron chi connectivity index (χ0n) is 9.75. The summed E-state index contributed by atoms with van der Waals surface area (Å²) in [5, 5.41) is 0. The fraction of sp³-hybridized carbons (Fsp3) is 0.571. The summed E-state index contributed by atoms with van der Waals surface area (Å²) in [6.45, 7) is 5.40. The lowest BCUT2D eigenvalue weighted by molar-refractivity contribution is 0.349. The fourth-order valence-corrected chi connectivity index (χ4v) is 2.49. The van der Waals surface area contributed by atoms with Crippen LogP contribution in [0.2, 0.25) is 0 Å². The summed E-state index contributed by atoms with van der Waals surface area (Å²) in [5.74, 6) is 1.88. The Hall–Kier alpha value is -0.980. The first-order chi connectivity index (χ1) is 7.36. The first-order valence-corrected chi connectivity index (χ1v) is 6.11. The van der Waals surface area contributed by atoms with Crippen molar-refractivity contribution in [2.75, 3.05) is 6.61 Å². The minimum absolute atomic E-state index is 0.683. The second-order valence-electron chi connectivity index (χ2n) is 4.33. The molecule has 1 aromatic rings. The van der Waals surface area contributed by atoms with E-state index < -0.39 is 0 Å². The molecule has 0 saturated heterocycles. The average molecular weight is 204 g/mol. The minimum atomic E-state index is 0.683. The number of para-hydroxylation sites is 1. The number of ether oxygens (including phenoxy) is 1. The van der Waals surface area contributed by atoms with Crippen LogP contribution in [0.25, 0.3) is 0 Å². The summed E-state index contributed by atoms with van der Waals surface area (Å²) >= 11 is 0. The van der Waals surface area contributed by atoms with Crippen molar-refractivity contribution in [3.8, 4) is 5.75 Å². The number of fused-ring (bicyclic) bond motifs is 1. The van der Waals surface area contributed by atoms with Gasteiger partial charge >= 0.3 is 0 Å². The Morgan fingerprint density at radius 1 is 1.33 bits per heavy atom. The van der Waals surface area contributed by atoms with Crippen LogP contribution < -0.4 is 4.74 Å². The lowest BCUT2D eigenvalue weighted by atomic mass is 9.90. The lowest BCUT2D eigenvalue weighted by Gasteiger charge is -2.17. The highest BCUT2D eigenvalue weighted by Crippen LogP contribution is 2.37. The number of rotatable bonds is 4. The molecule has 0 aliphatic carbocycles. The van der Waals surface area contributed by atoms with Crippen LogP contribution >= 0.6 is 0 Å². The van der Waals surface area contributed by atoms with Crippen LogP contribution in [0.15, 0.2) is 18.2 Å². The zero-order valence-corrected chi connectivity index (χ0v) is 9.75. The molecule has 2 rings (SSSR count). The van der Waals surface area contributed by atoms with Crippen LogP contribution in [-0.4, -0.2) is 6.61 Å². The lowest BCUT2D eigenvalue weighted by Crippen LogP contribution is -1.99. The van der Waals surface area contributed by atoms with Crippen molar-refractivity contribution in [3.63, 3.8) is 0 Å². The maximum absolute atomic E-state index is 5.76. The van der Waals surface area contributed by atoms with E-state index in [0.717, 1.165) is 13.0 Å². The van der Waals surface area contributed by atoms with Gasteiger partial charge in [-0.2, -0.15) is 0 Å². The predicted molar refractivity (Wildman–Crippen MR) is 63.6 cm³/mol. The Morgan fingerprint density at radius 3 is 2.93 bits per heavy atom.